The number of hydrogen-bond acceptors (Lipinski definition) is 1. The Morgan fingerprint density at radius 3 is 2.34 bits per heavy atom. The van der Waals surface area contributed by atoms with Gasteiger partial charge in [-0.3, -0.25) is 4.79 Å². The molecule has 1 heterocycles. The summed E-state index contributed by atoms with van der Waals surface area (Å²) in [7, 11) is 0. The third-order valence-electron chi connectivity index (χ3n) is 6.07. The molecule has 0 bridgehead atoms. The van der Waals surface area contributed by atoms with E-state index in [2.05, 4.69) is 70.2 Å². The number of benzene rings is 3. The Balaban J connectivity index is 1.93. The highest BCUT2D eigenvalue weighted by atomic mass is 35.5. The predicted molar refractivity (Wildman–Crippen MR) is 121 cm³/mol. The van der Waals surface area contributed by atoms with Gasteiger partial charge in [0, 0.05) is 27.2 Å². The highest BCUT2D eigenvalue weighted by Crippen LogP contribution is 2.51. The van der Waals surface area contributed by atoms with E-state index in [0.29, 0.717) is 10.6 Å². The predicted octanol–water partition coefficient (Wildman–Crippen LogP) is 6.78. The molecular weight excluding hydrogens is 378 g/mol. The SMILES string of the molecule is Cc1ccc2c(c1)N(C(=O)c1cccc(Cl)c1)C(C)(C)CC2(C)c1ccccc1. The van der Waals surface area contributed by atoms with Gasteiger partial charge in [0.25, 0.3) is 5.91 Å². The van der Waals surface area contributed by atoms with E-state index in [0.717, 1.165) is 17.7 Å². The van der Waals surface area contributed by atoms with Gasteiger partial charge in [0.1, 0.15) is 0 Å². The molecule has 1 unspecified atom stereocenters. The first-order chi connectivity index (χ1) is 13.7. The fourth-order valence-electron chi connectivity index (χ4n) is 4.86. The van der Waals surface area contributed by atoms with Crippen LogP contribution >= 0.6 is 11.6 Å². The molecule has 3 aromatic rings. The first-order valence-corrected chi connectivity index (χ1v) is 10.4. The van der Waals surface area contributed by atoms with Crippen LogP contribution in [0.2, 0.25) is 5.02 Å². The lowest BCUT2D eigenvalue weighted by molar-refractivity contribution is 0.0948. The van der Waals surface area contributed by atoms with Crippen LogP contribution in [0.1, 0.15) is 54.2 Å². The number of nitrogens with zero attached hydrogens (tertiary/aromatic N) is 1. The molecule has 0 aliphatic carbocycles. The van der Waals surface area contributed by atoms with Crippen molar-refractivity contribution in [1.82, 2.24) is 0 Å². The van der Waals surface area contributed by atoms with Crippen LogP contribution in [0, 0.1) is 6.92 Å². The van der Waals surface area contributed by atoms with Crippen LogP contribution in [0.25, 0.3) is 0 Å². The van der Waals surface area contributed by atoms with Crippen LogP contribution in [0.5, 0.6) is 0 Å². The fraction of sp³-hybridized carbons (Fsp3) is 0.269. The summed E-state index contributed by atoms with van der Waals surface area (Å²) in [4.78, 5) is 15.6. The van der Waals surface area contributed by atoms with Crippen molar-refractivity contribution in [3.05, 3.63) is 100 Å². The van der Waals surface area contributed by atoms with Crippen LogP contribution in [0.4, 0.5) is 5.69 Å². The number of amides is 1. The zero-order valence-corrected chi connectivity index (χ0v) is 18.1. The highest BCUT2D eigenvalue weighted by Gasteiger charge is 2.47. The molecule has 2 nitrogen and oxygen atoms in total. The molecule has 1 aliphatic rings. The highest BCUT2D eigenvalue weighted by molar-refractivity contribution is 6.31. The second kappa shape index (κ2) is 7.03. The van der Waals surface area contributed by atoms with Gasteiger partial charge in [-0.1, -0.05) is 67.1 Å². The van der Waals surface area contributed by atoms with Gasteiger partial charge in [-0.05, 0) is 68.1 Å². The van der Waals surface area contributed by atoms with Crippen molar-refractivity contribution in [1.29, 1.82) is 0 Å². The van der Waals surface area contributed by atoms with Gasteiger partial charge in [0.15, 0.2) is 0 Å². The van der Waals surface area contributed by atoms with E-state index >= 15 is 0 Å². The second-order valence-corrected chi connectivity index (χ2v) is 9.30. The number of carbonyl (C=O) groups excluding carboxylic acids is 1. The summed E-state index contributed by atoms with van der Waals surface area (Å²) in [5.41, 5.74) is 4.64. The smallest absolute Gasteiger partial charge is 0.258 e. The van der Waals surface area contributed by atoms with Crippen molar-refractivity contribution in [2.75, 3.05) is 4.90 Å². The Morgan fingerprint density at radius 2 is 1.66 bits per heavy atom. The largest absolute Gasteiger partial charge is 0.302 e. The molecule has 0 N–H and O–H groups in total. The zero-order valence-electron chi connectivity index (χ0n) is 17.4. The van der Waals surface area contributed by atoms with E-state index in [4.69, 9.17) is 11.6 Å². The quantitative estimate of drug-likeness (QED) is 0.461. The molecule has 0 aromatic heterocycles. The third-order valence-corrected chi connectivity index (χ3v) is 6.30. The van der Waals surface area contributed by atoms with Crippen molar-refractivity contribution < 1.29 is 4.79 Å². The Kier molecular flexibility index (Phi) is 4.78. The molecule has 1 atom stereocenters. The number of aryl methyl sites for hydroxylation is 1. The lowest BCUT2D eigenvalue weighted by Crippen LogP contribution is -2.55. The van der Waals surface area contributed by atoms with Gasteiger partial charge >= 0.3 is 0 Å². The Morgan fingerprint density at radius 1 is 0.931 bits per heavy atom. The van der Waals surface area contributed by atoms with Crippen LogP contribution in [0.3, 0.4) is 0 Å². The number of hydrogen-bond donors (Lipinski definition) is 0. The molecule has 1 aliphatic heterocycles. The number of carbonyl (C=O) groups is 1. The minimum atomic E-state index is -0.370. The van der Waals surface area contributed by atoms with Gasteiger partial charge in [0.05, 0.1) is 0 Å². The van der Waals surface area contributed by atoms with E-state index in [-0.39, 0.29) is 16.9 Å². The number of fused-ring (bicyclic) bond motifs is 1. The van der Waals surface area contributed by atoms with Crippen molar-refractivity contribution in [3.63, 3.8) is 0 Å². The lowest BCUT2D eigenvalue weighted by Gasteiger charge is -2.51. The number of rotatable bonds is 2. The average Bonchev–Trinajstić information content (AvgIpc) is 2.67. The van der Waals surface area contributed by atoms with Gasteiger partial charge in [-0.15, -0.1) is 0 Å². The Bertz CT molecular complexity index is 1070. The summed E-state index contributed by atoms with van der Waals surface area (Å²) < 4.78 is 0. The van der Waals surface area contributed by atoms with E-state index in [1.165, 1.54) is 11.1 Å². The third kappa shape index (κ3) is 3.36. The van der Waals surface area contributed by atoms with Gasteiger partial charge in [0.2, 0.25) is 0 Å². The first-order valence-electron chi connectivity index (χ1n) is 9.99. The molecule has 4 rings (SSSR count). The summed E-state index contributed by atoms with van der Waals surface area (Å²) in [6, 6.07) is 24.3. The molecular formula is C26H26ClNO. The van der Waals surface area contributed by atoms with Crippen molar-refractivity contribution in [2.45, 2.75) is 45.1 Å². The van der Waals surface area contributed by atoms with E-state index in [1.807, 2.05) is 23.1 Å². The summed E-state index contributed by atoms with van der Waals surface area (Å²) in [6.07, 6.45) is 0.826. The normalized spacial score (nSPS) is 20.2. The summed E-state index contributed by atoms with van der Waals surface area (Å²) in [5, 5.41) is 0.573. The molecule has 3 heteroatoms. The van der Waals surface area contributed by atoms with Gasteiger partial charge in [-0.25, -0.2) is 0 Å². The zero-order chi connectivity index (χ0) is 20.8. The van der Waals surface area contributed by atoms with E-state index < -0.39 is 0 Å². The molecule has 3 aromatic carbocycles. The topological polar surface area (TPSA) is 20.3 Å². The van der Waals surface area contributed by atoms with Crippen LogP contribution in [-0.2, 0) is 5.41 Å². The van der Waals surface area contributed by atoms with Crippen LogP contribution < -0.4 is 4.90 Å². The number of anilines is 1. The van der Waals surface area contributed by atoms with E-state index in [9.17, 15) is 4.79 Å². The molecule has 0 spiro atoms. The number of halogens is 1. The maximum absolute atomic E-state index is 13.7. The van der Waals surface area contributed by atoms with Crippen LogP contribution in [0.15, 0.2) is 72.8 Å². The molecule has 29 heavy (non-hydrogen) atoms. The molecule has 0 saturated carbocycles. The molecule has 0 saturated heterocycles. The standard InChI is InChI=1S/C26H26ClNO/c1-18-13-14-22-23(15-18)28(24(29)19-9-8-12-21(27)16-19)25(2,3)17-26(22,4)20-10-6-5-7-11-20/h5-16H,17H2,1-4H3. The Labute approximate surface area is 178 Å². The summed E-state index contributed by atoms with van der Waals surface area (Å²) in [5.74, 6) is -0.0144. The Hall–Kier alpha value is -2.58. The molecule has 0 radical (unpaired) electrons. The monoisotopic (exact) mass is 403 g/mol. The van der Waals surface area contributed by atoms with Crippen LogP contribution in [-0.4, -0.2) is 11.4 Å². The lowest BCUT2D eigenvalue weighted by atomic mass is 9.65. The summed E-state index contributed by atoms with van der Waals surface area (Å²) in [6.45, 7) is 8.67. The molecule has 0 fully saturated rings. The minimum Gasteiger partial charge on any atom is -0.302 e. The van der Waals surface area contributed by atoms with Crippen molar-refractivity contribution in [2.24, 2.45) is 0 Å². The first kappa shape index (κ1) is 19.7. The van der Waals surface area contributed by atoms with Crippen molar-refractivity contribution >= 4 is 23.2 Å². The van der Waals surface area contributed by atoms with E-state index in [1.54, 1.807) is 12.1 Å². The van der Waals surface area contributed by atoms with Crippen molar-refractivity contribution in [3.8, 4) is 0 Å². The van der Waals surface area contributed by atoms with Gasteiger partial charge < -0.3 is 4.90 Å². The maximum Gasteiger partial charge on any atom is 0.258 e. The molecule has 1 amide bonds. The minimum absolute atomic E-state index is 0.0144. The summed E-state index contributed by atoms with van der Waals surface area (Å²) >= 11 is 6.18. The fourth-order valence-corrected chi connectivity index (χ4v) is 5.05. The van der Waals surface area contributed by atoms with Gasteiger partial charge in [-0.2, -0.15) is 0 Å². The maximum atomic E-state index is 13.7. The average molecular weight is 404 g/mol. The second-order valence-electron chi connectivity index (χ2n) is 8.86. The molecule has 148 valence electrons.